The van der Waals surface area contributed by atoms with E-state index in [1.807, 2.05) is 13.8 Å². The van der Waals surface area contributed by atoms with Crippen molar-refractivity contribution in [2.75, 3.05) is 5.32 Å². The van der Waals surface area contributed by atoms with E-state index in [4.69, 9.17) is 0 Å². The lowest BCUT2D eigenvalue weighted by molar-refractivity contribution is 0.469. The fraction of sp³-hybridized carbons (Fsp3) is 0.733. The minimum absolute atomic E-state index is 0.0594. The first kappa shape index (κ1) is 15.5. The van der Waals surface area contributed by atoms with Crippen molar-refractivity contribution in [3.63, 3.8) is 0 Å². The van der Waals surface area contributed by atoms with E-state index < -0.39 is 0 Å². The lowest BCUT2D eigenvalue weighted by Crippen LogP contribution is -2.28. The van der Waals surface area contributed by atoms with Crippen molar-refractivity contribution in [1.82, 2.24) is 9.78 Å². The number of nitrogens with zero attached hydrogens (tertiary/aromatic N) is 2. The van der Waals surface area contributed by atoms with Gasteiger partial charge in [0.1, 0.15) is 4.47 Å². The highest BCUT2D eigenvalue weighted by Crippen LogP contribution is 2.23. The van der Waals surface area contributed by atoms with Crippen LogP contribution in [0, 0.1) is 0 Å². The molecule has 0 spiro atoms. The molecule has 0 bridgehead atoms. The maximum atomic E-state index is 12.2. The Bertz CT molecular complexity index is 490. The summed E-state index contributed by atoms with van der Waals surface area (Å²) >= 11 is 3.43. The van der Waals surface area contributed by atoms with E-state index in [-0.39, 0.29) is 11.6 Å². The molecule has 0 radical (unpaired) electrons. The summed E-state index contributed by atoms with van der Waals surface area (Å²) in [4.78, 5) is 12.2. The molecule has 1 N–H and O–H groups in total. The Balaban J connectivity index is 2.12. The van der Waals surface area contributed by atoms with Crippen LogP contribution in [0.5, 0.6) is 0 Å². The van der Waals surface area contributed by atoms with Crippen LogP contribution in [0.4, 0.5) is 5.69 Å². The minimum Gasteiger partial charge on any atom is -0.380 e. The van der Waals surface area contributed by atoms with Gasteiger partial charge >= 0.3 is 0 Å². The number of anilines is 1. The van der Waals surface area contributed by atoms with Gasteiger partial charge < -0.3 is 5.32 Å². The van der Waals surface area contributed by atoms with Crippen molar-refractivity contribution >= 4 is 21.6 Å². The highest BCUT2D eigenvalue weighted by molar-refractivity contribution is 9.10. The number of hydrogen-bond acceptors (Lipinski definition) is 3. The van der Waals surface area contributed by atoms with Gasteiger partial charge in [0.05, 0.1) is 17.9 Å². The topological polar surface area (TPSA) is 46.9 Å². The maximum absolute atomic E-state index is 12.2. The summed E-state index contributed by atoms with van der Waals surface area (Å²) in [5.74, 6) is 0. The fourth-order valence-corrected chi connectivity index (χ4v) is 3.13. The molecule has 0 atom stereocenters. The summed E-state index contributed by atoms with van der Waals surface area (Å²) in [6.45, 7) is 3.92. The molecule has 20 heavy (non-hydrogen) atoms. The minimum atomic E-state index is -0.0594. The zero-order chi connectivity index (χ0) is 14.5. The van der Waals surface area contributed by atoms with Crippen molar-refractivity contribution < 1.29 is 0 Å². The lowest BCUT2D eigenvalue weighted by Gasteiger charge is -2.22. The van der Waals surface area contributed by atoms with E-state index in [1.165, 1.54) is 49.6 Å². The average molecular weight is 342 g/mol. The van der Waals surface area contributed by atoms with Gasteiger partial charge in [-0.1, -0.05) is 32.1 Å². The normalized spacial score (nSPS) is 17.8. The first-order valence-electron chi connectivity index (χ1n) is 7.63. The molecular weight excluding hydrogens is 318 g/mol. The molecular formula is C15H24BrN3O. The third-order valence-electron chi connectivity index (χ3n) is 3.90. The number of hydrogen-bond donors (Lipinski definition) is 1. The van der Waals surface area contributed by atoms with E-state index in [2.05, 4.69) is 26.3 Å². The molecule has 1 aromatic rings. The fourth-order valence-electron chi connectivity index (χ4n) is 2.73. The van der Waals surface area contributed by atoms with Gasteiger partial charge in [0, 0.05) is 6.04 Å². The summed E-state index contributed by atoms with van der Waals surface area (Å²) in [7, 11) is 0. The standard InChI is InChI=1S/C15H24BrN3O/c1-11(2)19-15(20)14(16)13(10-17-19)18-12-8-6-4-3-5-7-9-12/h10-12,18H,3-9H2,1-2H3. The van der Waals surface area contributed by atoms with Crippen molar-refractivity contribution in [3.05, 3.63) is 21.0 Å². The molecule has 0 saturated heterocycles. The summed E-state index contributed by atoms with van der Waals surface area (Å²) in [5, 5.41) is 7.76. The van der Waals surface area contributed by atoms with Crippen LogP contribution in [0.2, 0.25) is 0 Å². The van der Waals surface area contributed by atoms with Crippen LogP contribution in [0.25, 0.3) is 0 Å². The molecule has 2 rings (SSSR count). The number of halogens is 1. The third-order valence-corrected chi connectivity index (χ3v) is 4.66. The van der Waals surface area contributed by atoms with E-state index in [1.54, 1.807) is 6.20 Å². The first-order valence-corrected chi connectivity index (χ1v) is 8.42. The Hall–Kier alpha value is -0.840. The van der Waals surface area contributed by atoms with Gasteiger partial charge in [-0.05, 0) is 42.6 Å². The van der Waals surface area contributed by atoms with Crippen molar-refractivity contribution in [2.45, 2.75) is 70.9 Å². The highest BCUT2D eigenvalue weighted by atomic mass is 79.9. The molecule has 1 fully saturated rings. The Labute approximate surface area is 129 Å². The van der Waals surface area contributed by atoms with Crippen molar-refractivity contribution in [1.29, 1.82) is 0 Å². The quantitative estimate of drug-likeness (QED) is 0.899. The number of nitrogens with one attached hydrogen (secondary N) is 1. The SMILES string of the molecule is CC(C)n1ncc(NC2CCCCCCC2)c(Br)c1=O. The average Bonchev–Trinajstić information content (AvgIpc) is 2.37. The van der Waals surface area contributed by atoms with Gasteiger partial charge in [-0.25, -0.2) is 4.68 Å². The summed E-state index contributed by atoms with van der Waals surface area (Å²) < 4.78 is 2.11. The molecule has 1 saturated carbocycles. The van der Waals surface area contributed by atoms with E-state index in [9.17, 15) is 4.79 Å². The monoisotopic (exact) mass is 341 g/mol. The van der Waals surface area contributed by atoms with Crippen LogP contribution < -0.4 is 10.9 Å². The zero-order valence-corrected chi connectivity index (χ0v) is 13.9. The molecule has 1 aliphatic carbocycles. The van der Waals surface area contributed by atoms with Gasteiger partial charge in [-0.15, -0.1) is 0 Å². The van der Waals surface area contributed by atoms with Crippen molar-refractivity contribution in [2.24, 2.45) is 0 Å². The Morgan fingerprint density at radius 1 is 1.25 bits per heavy atom. The summed E-state index contributed by atoms with van der Waals surface area (Å²) in [6, 6.07) is 0.539. The molecule has 4 nitrogen and oxygen atoms in total. The molecule has 0 aliphatic heterocycles. The smallest absolute Gasteiger partial charge is 0.283 e. The summed E-state index contributed by atoms with van der Waals surface area (Å²) in [5.41, 5.74) is 0.772. The third kappa shape index (κ3) is 3.84. The van der Waals surface area contributed by atoms with Gasteiger partial charge in [0.25, 0.3) is 5.56 Å². The molecule has 0 amide bonds. The molecule has 0 unspecified atom stereocenters. The van der Waals surface area contributed by atoms with Gasteiger partial charge in [-0.2, -0.15) is 5.10 Å². The molecule has 5 heteroatoms. The van der Waals surface area contributed by atoms with Crippen LogP contribution >= 0.6 is 15.9 Å². The van der Waals surface area contributed by atoms with Gasteiger partial charge in [0.2, 0.25) is 0 Å². The molecule has 112 valence electrons. The number of rotatable bonds is 3. The van der Waals surface area contributed by atoms with Gasteiger partial charge in [0.15, 0.2) is 0 Å². The van der Waals surface area contributed by atoms with E-state index in [0.29, 0.717) is 10.5 Å². The second kappa shape index (κ2) is 7.25. The maximum Gasteiger partial charge on any atom is 0.283 e. The highest BCUT2D eigenvalue weighted by Gasteiger charge is 2.15. The predicted octanol–water partition coefficient (Wildman–Crippen LogP) is 4.11. The lowest BCUT2D eigenvalue weighted by atomic mass is 9.96. The summed E-state index contributed by atoms with van der Waals surface area (Å²) in [6.07, 6.45) is 10.7. The van der Waals surface area contributed by atoms with Crippen LogP contribution in [-0.2, 0) is 0 Å². The molecule has 1 heterocycles. The van der Waals surface area contributed by atoms with Gasteiger partial charge in [-0.3, -0.25) is 4.79 Å². The molecule has 0 aromatic carbocycles. The second-order valence-electron chi connectivity index (χ2n) is 5.90. The van der Waals surface area contributed by atoms with Crippen LogP contribution in [0.1, 0.15) is 64.8 Å². The first-order chi connectivity index (χ1) is 9.59. The van der Waals surface area contributed by atoms with Crippen molar-refractivity contribution in [3.8, 4) is 0 Å². The van der Waals surface area contributed by atoms with E-state index >= 15 is 0 Å². The molecule has 1 aliphatic rings. The predicted molar refractivity (Wildman–Crippen MR) is 86.3 cm³/mol. The van der Waals surface area contributed by atoms with Crippen LogP contribution in [0.3, 0.4) is 0 Å². The molecule has 1 aromatic heterocycles. The second-order valence-corrected chi connectivity index (χ2v) is 6.70. The Morgan fingerprint density at radius 3 is 2.45 bits per heavy atom. The number of aromatic nitrogens is 2. The Morgan fingerprint density at radius 2 is 1.85 bits per heavy atom. The largest absolute Gasteiger partial charge is 0.380 e. The Kier molecular flexibility index (Phi) is 5.64. The van der Waals surface area contributed by atoms with Crippen LogP contribution in [0.15, 0.2) is 15.5 Å². The zero-order valence-electron chi connectivity index (χ0n) is 12.4. The van der Waals surface area contributed by atoms with Crippen LogP contribution in [-0.4, -0.2) is 15.8 Å². The van der Waals surface area contributed by atoms with E-state index in [0.717, 1.165) is 5.69 Å².